The molecule has 1 fully saturated rings. The van der Waals surface area contributed by atoms with Crippen LogP contribution >= 0.6 is 0 Å². The Morgan fingerprint density at radius 2 is 2.14 bits per heavy atom. The van der Waals surface area contributed by atoms with Crippen molar-refractivity contribution < 1.29 is 23.8 Å². The van der Waals surface area contributed by atoms with Crippen LogP contribution in [0.3, 0.4) is 0 Å². The standard InChI is InChI=1S/C19H23FN4O4/c1-19-9-12-11-7-16(28-2)13(20)8-14(11)22-15(12)10-24(19)18(27)23(17(19)26)5-3-21-4-6-25/h7-8,21-22,25H,3-6,9-10H2,1-2H3/t19-/m0/s1. The van der Waals surface area contributed by atoms with Gasteiger partial charge >= 0.3 is 6.03 Å². The molecule has 0 bridgehead atoms. The minimum Gasteiger partial charge on any atom is -0.494 e. The predicted octanol–water partition coefficient (Wildman–Crippen LogP) is 0.976. The van der Waals surface area contributed by atoms with Crippen LogP contribution in [0.1, 0.15) is 18.2 Å². The van der Waals surface area contributed by atoms with Crippen LogP contribution in [0.4, 0.5) is 9.18 Å². The van der Waals surface area contributed by atoms with Gasteiger partial charge in [0.1, 0.15) is 5.54 Å². The summed E-state index contributed by atoms with van der Waals surface area (Å²) in [6, 6.07) is 2.69. The highest BCUT2D eigenvalue weighted by Gasteiger charge is 2.56. The number of halogens is 1. The van der Waals surface area contributed by atoms with E-state index in [0.29, 0.717) is 25.0 Å². The third-order valence-electron chi connectivity index (χ3n) is 5.67. The van der Waals surface area contributed by atoms with E-state index < -0.39 is 11.4 Å². The van der Waals surface area contributed by atoms with Crippen molar-refractivity contribution in [2.24, 2.45) is 0 Å². The van der Waals surface area contributed by atoms with Crippen LogP contribution in [-0.2, 0) is 17.8 Å². The number of hydrogen-bond donors (Lipinski definition) is 3. The number of benzene rings is 1. The van der Waals surface area contributed by atoms with Crippen LogP contribution in [0.2, 0.25) is 0 Å². The van der Waals surface area contributed by atoms with Gasteiger partial charge in [-0.2, -0.15) is 0 Å². The van der Waals surface area contributed by atoms with E-state index in [-0.39, 0.29) is 37.4 Å². The largest absolute Gasteiger partial charge is 0.494 e. The first-order chi connectivity index (χ1) is 13.4. The Morgan fingerprint density at radius 1 is 1.36 bits per heavy atom. The predicted molar refractivity (Wildman–Crippen MR) is 99.5 cm³/mol. The van der Waals surface area contributed by atoms with E-state index in [1.54, 1.807) is 17.9 Å². The first-order valence-corrected chi connectivity index (χ1v) is 9.23. The molecule has 1 aromatic heterocycles. The number of nitrogens with one attached hydrogen (secondary N) is 2. The van der Waals surface area contributed by atoms with E-state index in [9.17, 15) is 14.0 Å². The molecule has 9 heteroatoms. The molecule has 8 nitrogen and oxygen atoms in total. The number of aromatic nitrogens is 1. The van der Waals surface area contributed by atoms with Crippen LogP contribution in [0, 0.1) is 5.82 Å². The van der Waals surface area contributed by atoms with Crippen LogP contribution < -0.4 is 10.1 Å². The molecule has 1 saturated heterocycles. The first-order valence-electron chi connectivity index (χ1n) is 9.23. The number of rotatable bonds is 6. The monoisotopic (exact) mass is 390 g/mol. The van der Waals surface area contributed by atoms with Crippen molar-refractivity contribution in [3.05, 3.63) is 29.2 Å². The Hall–Kier alpha value is -2.65. The summed E-state index contributed by atoms with van der Waals surface area (Å²) < 4.78 is 19.1. The van der Waals surface area contributed by atoms with Crippen molar-refractivity contribution in [3.8, 4) is 5.75 Å². The van der Waals surface area contributed by atoms with Gasteiger partial charge in [-0.25, -0.2) is 9.18 Å². The molecule has 3 heterocycles. The van der Waals surface area contributed by atoms with Gasteiger partial charge in [-0.05, 0) is 18.6 Å². The minimum atomic E-state index is -0.974. The number of urea groups is 1. The fourth-order valence-electron chi connectivity index (χ4n) is 4.16. The number of methoxy groups -OCH3 is 1. The SMILES string of the molecule is COc1cc2c3c([nH]c2cc1F)CN1C(=O)N(CCNCCO)C(=O)[C@]1(C)C3. The van der Waals surface area contributed by atoms with E-state index in [0.717, 1.165) is 16.6 Å². The van der Waals surface area contributed by atoms with Crippen LogP contribution in [0.15, 0.2) is 12.1 Å². The fourth-order valence-corrected chi connectivity index (χ4v) is 4.16. The number of amides is 3. The molecule has 2 aliphatic heterocycles. The average Bonchev–Trinajstić information content (AvgIpc) is 3.09. The van der Waals surface area contributed by atoms with Gasteiger partial charge in [0.2, 0.25) is 0 Å². The smallest absolute Gasteiger partial charge is 0.328 e. The highest BCUT2D eigenvalue weighted by Crippen LogP contribution is 2.41. The quantitative estimate of drug-likeness (QED) is 0.505. The second kappa shape index (κ2) is 6.75. The number of imide groups is 1. The van der Waals surface area contributed by atoms with Crippen molar-refractivity contribution in [1.29, 1.82) is 0 Å². The topological polar surface area (TPSA) is 97.9 Å². The number of carbonyl (C=O) groups excluding carboxylic acids is 2. The van der Waals surface area contributed by atoms with Gasteiger partial charge in [0.15, 0.2) is 11.6 Å². The van der Waals surface area contributed by atoms with Crippen molar-refractivity contribution in [3.63, 3.8) is 0 Å². The molecule has 0 radical (unpaired) electrons. The molecule has 4 rings (SSSR count). The molecule has 0 spiro atoms. The number of aliphatic hydroxyl groups is 1. The third kappa shape index (κ3) is 2.65. The highest BCUT2D eigenvalue weighted by atomic mass is 19.1. The summed E-state index contributed by atoms with van der Waals surface area (Å²) in [7, 11) is 1.41. The number of hydrogen-bond acceptors (Lipinski definition) is 5. The van der Waals surface area contributed by atoms with Gasteiger partial charge in [-0.15, -0.1) is 0 Å². The summed E-state index contributed by atoms with van der Waals surface area (Å²) in [4.78, 5) is 32.0. The van der Waals surface area contributed by atoms with Gasteiger partial charge in [-0.3, -0.25) is 9.69 Å². The molecule has 2 aromatic rings. The Morgan fingerprint density at radius 3 is 2.86 bits per heavy atom. The number of H-pyrrole nitrogens is 1. The maximum absolute atomic E-state index is 14.0. The Bertz CT molecular complexity index is 959. The lowest BCUT2D eigenvalue weighted by Crippen LogP contribution is -2.51. The van der Waals surface area contributed by atoms with E-state index in [1.807, 2.05) is 0 Å². The summed E-state index contributed by atoms with van der Waals surface area (Å²) in [6.45, 7) is 3.11. The van der Waals surface area contributed by atoms with E-state index in [2.05, 4.69) is 10.3 Å². The molecule has 1 aromatic carbocycles. The first kappa shape index (κ1) is 18.7. The Balaban J connectivity index is 1.66. The normalized spacial score (nSPS) is 21.4. The molecule has 28 heavy (non-hydrogen) atoms. The molecule has 0 unspecified atom stereocenters. The lowest BCUT2D eigenvalue weighted by molar-refractivity contribution is -0.132. The molecule has 1 atom stereocenters. The maximum Gasteiger partial charge on any atom is 0.328 e. The zero-order valence-corrected chi connectivity index (χ0v) is 15.8. The molecular formula is C19H23FN4O4. The Kier molecular flexibility index (Phi) is 4.51. The van der Waals surface area contributed by atoms with Crippen LogP contribution in [0.5, 0.6) is 5.75 Å². The number of carbonyl (C=O) groups is 2. The number of aliphatic hydroxyl groups excluding tert-OH is 1. The summed E-state index contributed by atoms with van der Waals surface area (Å²) >= 11 is 0. The number of aromatic amines is 1. The number of fused-ring (bicyclic) bond motifs is 4. The van der Waals surface area contributed by atoms with Gasteiger partial charge in [0.25, 0.3) is 5.91 Å². The zero-order chi connectivity index (χ0) is 20.1. The molecule has 3 N–H and O–H groups in total. The van der Waals surface area contributed by atoms with Crippen molar-refractivity contribution >= 4 is 22.8 Å². The number of nitrogens with zero attached hydrogens (tertiary/aromatic N) is 2. The van der Waals surface area contributed by atoms with Gasteiger partial charge in [0.05, 0.1) is 20.3 Å². The minimum absolute atomic E-state index is 0.00247. The molecule has 150 valence electrons. The summed E-state index contributed by atoms with van der Waals surface area (Å²) in [6.07, 6.45) is 0.349. The van der Waals surface area contributed by atoms with Crippen LogP contribution in [-0.4, -0.2) is 70.7 Å². The maximum atomic E-state index is 14.0. The Labute approximate surface area is 161 Å². The highest BCUT2D eigenvalue weighted by molar-refractivity contribution is 6.07. The lowest BCUT2D eigenvalue weighted by Gasteiger charge is -2.35. The summed E-state index contributed by atoms with van der Waals surface area (Å²) in [5.74, 6) is -0.557. The lowest BCUT2D eigenvalue weighted by atomic mass is 9.86. The van der Waals surface area contributed by atoms with E-state index in [1.165, 1.54) is 18.1 Å². The van der Waals surface area contributed by atoms with E-state index in [4.69, 9.17) is 9.84 Å². The summed E-state index contributed by atoms with van der Waals surface area (Å²) in [5, 5.41) is 12.6. The fraction of sp³-hybridized carbons (Fsp3) is 0.474. The van der Waals surface area contributed by atoms with Gasteiger partial charge in [0, 0.05) is 48.7 Å². The third-order valence-corrected chi connectivity index (χ3v) is 5.67. The average molecular weight is 390 g/mol. The van der Waals surface area contributed by atoms with E-state index >= 15 is 0 Å². The molecule has 2 aliphatic rings. The van der Waals surface area contributed by atoms with Crippen molar-refractivity contribution in [2.75, 3.05) is 33.4 Å². The zero-order valence-electron chi connectivity index (χ0n) is 15.8. The number of ether oxygens (including phenoxy) is 1. The van der Waals surface area contributed by atoms with Crippen LogP contribution in [0.25, 0.3) is 10.9 Å². The second-order valence-electron chi connectivity index (χ2n) is 7.36. The molecule has 0 saturated carbocycles. The second-order valence-corrected chi connectivity index (χ2v) is 7.36. The van der Waals surface area contributed by atoms with Crippen molar-refractivity contribution in [2.45, 2.75) is 25.4 Å². The molecule has 3 amide bonds. The molecule has 0 aliphatic carbocycles. The van der Waals surface area contributed by atoms with Gasteiger partial charge < -0.3 is 25.0 Å². The van der Waals surface area contributed by atoms with Gasteiger partial charge in [-0.1, -0.05) is 0 Å². The summed E-state index contributed by atoms with van der Waals surface area (Å²) in [5.41, 5.74) is 1.37. The van der Waals surface area contributed by atoms with Crippen molar-refractivity contribution in [1.82, 2.24) is 20.1 Å². The molecular weight excluding hydrogens is 367 g/mol.